The van der Waals surface area contributed by atoms with Crippen molar-refractivity contribution in [3.8, 4) is 0 Å². The average Bonchev–Trinajstić information content (AvgIpc) is 3.10. The number of amides is 4. The number of ether oxygens (including phenoxy) is 3. The van der Waals surface area contributed by atoms with Gasteiger partial charge in [-0.2, -0.15) is 0 Å². The van der Waals surface area contributed by atoms with Gasteiger partial charge < -0.3 is 40.0 Å². The minimum absolute atomic E-state index is 0.00596. The van der Waals surface area contributed by atoms with Crippen LogP contribution in [0.4, 0.5) is 0 Å². The van der Waals surface area contributed by atoms with E-state index in [0.29, 0.717) is 13.0 Å². The fourth-order valence-corrected chi connectivity index (χ4v) is 7.15. The Bertz CT molecular complexity index is 1310. The molecule has 1 aliphatic rings. The molecule has 0 aliphatic carbocycles. The zero-order valence-corrected chi connectivity index (χ0v) is 33.4. The summed E-state index contributed by atoms with van der Waals surface area (Å²) >= 11 is 0. The lowest BCUT2D eigenvalue weighted by Crippen LogP contribution is -2.62. The topological polar surface area (TPSA) is 156 Å². The van der Waals surface area contributed by atoms with E-state index < -0.39 is 48.3 Å². The zero-order valence-electron chi connectivity index (χ0n) is 33.4. The highest BCUT2D eigenvalue weighted by atomic mass is 16.5. The molecule has 13 heteroatoms. The Balaban J connectivity index is 2.22. The molecular formula is C39H65N5O8. The summed E-state index contributed by atoms with van der Waals surface area (Å²) in [7, 11) is 7.77. The highest BCUT2D eigenvalue weighted by Crippen LogP contribution is 2.30. The van der Waals surface area contributed by atoms with Crippen LogP contribution in [0, 0.1) is 23.7 Å². The quantitative estimate of drug-likeness (QED) is 0.162. The van der Waals surface area contributed by atoms with Gasteiger partial charge in [-0.1, -0.05) is 85.2 Å². The Kier molecular flexibility index (Phi) is 18.2. The summed E-state index contributed by atoms with van der Waals surface area (Å²) < 4.78 is 16.8. The van der Waals surface area contributed by atoms with Crippen LogP contribution in [-0.2, 0) is 44.6 Å². The van der Waals surface area contributed by atoms with E-state index >= 15 is 0 Å². The molecule has 1 aliphatic heterocycles. The summed E-state index contributed by atoms with van der Waals surface area (Å²) in [4.78, 5) is 70.7. The van der Waals surface area contributed by atoms with E-state index in [-0.39, 0.29) is 60.3 Å². The third-order valence-corrected chi connectivity index (χ3v) is 10.6. The number of benzene rings is 1. The Hall–Kier alpha value is -3.55. The summed E-state index contributed by atoms with van der Waals surface area (Å²) in [6, 6.07) is 6.42. The van der Waals surface area contributed by atoms with Crippen molar-refractivity contribution in [1.82, 2.24) is 25.8 Å². The van der Waals surface area contributed by atoms with Crippen molar-refractivity contribution in [3.05, 3.63) is 35.9 Å². The molecule has 1 aromatic carbocycles. The molecule has 2 rings (SSSR count). The molecule has 294 valence electrons. The number of carbonyl (C=O) groups is 5. The van der Waals surface area contributed by atoms with Crippen LogP contribution >= 0.6 is 0 Å². The fourth-order valence-electron chi connectivity index (χ4n) is 7.15. The molecule has 1 fully saturated rings. The molecule has 9 atom stereocenters. The lowest BCUT2D eigenvalue weighted by molar-refractivity contribution is -0.156. The predicted octanol–water partition coefficient (Wildman–Crippen LogP) is 2.80. The van der Waals surface area contributed by atoms with Crippen molar-refractivity contribution < 1.29 is 38.2 Å². The summed E-state index contributed by atoms with van der Waals surface area (Å²) in [5, 5.41) is 8.85. The monoisotopic (exact) mass is 731 g/mol. The SMILES string of the molecule is CCC(C)[C@@H]([C@@H](CC(=O)N1CC[C@H]1[C@H](OC)[C@@H](C)C(=O)NC(Cc1ccccc1)C(=O)OC)OC)N(C)C(=O)[C@@H](NC(=O)[C@@H](NC)C(C)C)C(C)C. The highest BCUT2D eigenvalue weighted by molar-refractivity contribution is 5.90. The van der Waals surface area contributed by atoms with E-state index in [0.717, 1.165) is 12.0 Å². The first-order valence-corrected chi connectivity index (χ1v) is 18.6. The van der Waals surface area contributed by atoms with Crippen molar-refractivity contribution in [3.63, 3.8) is 0 Å². The van der Waals surface area contributed by atoms with Crippen molar-refractivity contribution in [1.29, 1.82) is 0 Å². The Morgan fingerprint density at radius 1 is 0.885 bits per heavy atom. The largest absolute Gasteiger partial charge is 0.467 e. The number of likely N-dealkylation sites (tertiary alicyclic amines) is 1. The summed E-state index contributed by atoms with van der Waals surface area (Å²) in [5.41, 5.74) is 0.874. The molecule has 1 heterocycles. The number of carbonyl (C=O) groups excluding carboxylic acids is 5. The zero-order chi connectivity index (χ0) is 39.3. The number of methoxy groups -OCH3 is 3. The van der Waals surface area contributed by atoms with E-state index in [1.165, 1.54) is 14.2 Å². The van der Waals surface area contributed by atoms with Gasteiger partial charge in [-0.3, -0.25) is 19.2 Å². The second kappa shape index (κ2) is 21.2. The van der Waals surface area contributed by atoms with Crippen LogP contribution in [0.1, 0.15) is 73.3 Å². The van der Waals surface area contributed by atoms with E-state index in [2.05, 4.69) is 16.0 Å². The fraction of sp³-hybridized carbons (Fsp3) is 0.718. The van der Waals surface area contributed by atoms with Crippen LogP contribution in [0.15, 0.2) is 30.3 Å². The predicted molar refractivity (Wildman–Crippen MR) is 200 cm³/mol. The van der Waals surface area contributed by atoms with E-state index in [1.54, 1.807) is 37.9 Å². The minimum atomic E-state index is -0.887. The van der Waals surface area contributed by atoms with Gasteiger partial charge in [-0.15, -0.1) is 0 Å². The second-order valence-electron chi connectivity index (χ2n) is 14.8. The van der Waals surface area contributed by atoms with Crippen LogP contribution in [0.25, 0.3) is 0 Å². The Labute approximate surface area is 311 Å². The summed E-state index contributed by atoms with van der Waals surface area (Å²) in [6.45, 7) is 13.9. The van der Waals surface area contributed by atoms with Gasteiger partial charge in [0.25, 0.3) is 0 Å². The van der Waals surface area contributed by atoms with Crippen LogP contribution < -0.4 is 16.0 Å². The number of nitrogens with zero attached hydrogens (tertiary/aromatic N) is 2. The van der Waals surface area contributed by atoms with Crippen molar-refractivity contribution >= 4 is 29.6 Å². The lowest BCUT2D eigenvalue weighted by atomic mass is 9.86. The second-order valence-corrected chi connectivity index (χ2v) is 14.8. The lowest BCUT2D eigenvalue weighted by Gasteiger charge is -2.47. The molecule has 1 saturated heterocycles. The van der Waals surface area contributed by atoms with E-state index in [1.807, 2.05) is 71.9 Å². The van der Waals surface area contributed by atoms with Gasteiger partial charge >= 0.3 is 5.97 Å². The van der Waals surface area contributed by atoms with Crippen LogP contribution in [-0.4, -0.2) is 124 Å². The van der Waals surface area contributed by atoms with Gasteiger partial charge in [0.2, 0.25) is 23.6 Å². The standard InChI is InChI=1S/C39H65N5O8/c1-13-25(6)34(43(9)38(48)33(24(4)5)42-37(47)32(40-8)23(2)3)30(50-10)22-31(45)44-20-19-29(44)35(51-11)26(7)36(46)41-28(39(49)52-12)21-27-17-15-14-16-18-27/h14-18,23-26,28-30,32-35,40H,13,19-22H2,1-12H3,(H,41,46)(H,42,47)/t25?,26-,28?,29+,30-,32+,33+,34+,35-/m1/s1. The minimum Gasteiger partial charge on any atom is -0.467 e. The first-order valence-electron chi connectivity index (χ1n) is 18.6. The van der Waals surface area contributed by atoms with Crippen molar-refractivity contribution in [2.45, 2.75) is 117 Å². The third-order valence-electron chi connectivity index (χ3n) is 10.6. The molecule has 3 N–H and O–H groups in total. The molecular weight excluding hydrogens is 666 g/mol. The number of hydrogen-bond donors (Lipinski definition) is 3. The third kappa shape index (κ3) is 11.5. The summed E-state index contributed by atoms with van der Waals surface area (Å²) in [5.74, 6) is -2.48. The van der Waals surface area contributed by atoms with Gasteiger partial charge in [-0.05, 0) is 36.8 Å². The van der Waals surface area contributed by atoms with Crippen molar-refractivity contribution in [2.24, 2.45) is 23.7 Å². The number of rotatable bonds is 21. The number of hydrogen-bond acceptors (Lipinski definition) is 9. The van der Waals surface area contributed by atoms with Crippen LogP contribution in [0.3, 0.4) is 0 Å². The maximum atomic E-state index is 14.1. The molecule has 13 nitrogen and oxygen atoms in total. The van der Waals surface area contributed by atoms with Gasteiger partial charge in [0.15, 0.2) is 0 Å². The molecule has 1 aromatic rings. The molecule has 0 spiro atoms. The molecule has 4 amide bonds. The molecule has 0 saturated carbocycles. The smallest absolute Gasteiger partial charge is 0.328 e. The van der Waals surface area contributed by atoms with Gasteiger partial charge in [-0.25, -0.2) is 4.79 Å². The normalized spacial score (nSPS) is 19.0. The summed E-state index contributed by atoms with van der Waals surface area (Å²) in [6.07, 6.45) is 0.367. The molecule has 52 heavy (non-hydrogen) atoms. The average molecular weight is 732 g/mol. The number of likely N-dealkylation sites (N-methyl/N-ethyl adjacent to an activating group) is 2. The highest BCUT2D eigenvalue weighted by Gasteiger charge is 2.45. The molecule has 2 unspecified atom stereocenters. The van der Waals surface area contributed by atoms with Gasteiger partial charge in [0.1, 0.15) is 12.1 Å². The van der Waals surface area contributed by atoms with E-state index in [9.17, 15) is 24.0 Å². The van der Waals surface area contributed by atoms with Crippen LogP contribution in [0.5, 0.6) is 0 Å². The molecule has 0 radical (unpaired) electrons. The van der Waals surface area contributed by atoms with E-state index in [4.69, 9.17) is 14.2 Å². The van der Waals surface area contributed by atoms with Gasteiger partial charge in [0.05, 0.1) is 49.8 Å². The molecule has 0 aromatic heterocycles. The first-order chi connectivity index (χ1) is 24.6. The Morgan fingerprint density at radius 3 is 1.96 bits per heavy atom. The number of esters is 1. The van der Waals surface area contributed by atoms with Gasteiger partial charge in [0, 0.05) is 34.2 Å². The Morgan fingerprint density at radius 2 is 1.50 bits per heavy atom. The van der Waals surface area contributed by atoms with Crippen molar-refractivity contribution in [2.75, 3.05) is 42.0 Å². The van der Waals surface area contributed by atoms with Crippen LogP contribution in [0.2, 0.25) is 0 Å². The first kappa shape index (κ1) is 44.6. The molecule has 0 bridgehead atoms. The maximum absolute atomic E-state index is 14.1. The number of nitrogens with one attached hydrogen (secondary N) is 3. The maximum Gasteiger partial charge on any atom is 0.328 e.